The molecule has 2 aliphatic carbocycles. The second-order valence-electron chi connectivity index (χ2n) is 8.88. The van der Waals surface area contributed by atoms with E-state index in [4.69, 9.17) is 0 Å². The summed E-state index contributed by atoms with van der Waals surface area (Å²) in [4.78, 5) is 16.4. The van der Waals surface area contributed by atoms with Crippen molar-refractivity contribution < 1.29 is 9.18 Å². The number of fused-ring (bicyclic) bond motifs is 1. The highest BCUT2D eigenvalue weighted by molar-refractivity contribution is 5.74. The summed E-state index contributed by atoms with van der Waals surface area (Å²) in [6.45, 7) is 3.81. The molecule has 1 aromatic heterocycles. The van der Waals surface area contributed by atoms with Gasteiger partial charge in [-0.2, -0.15) is 0 Å². The summed E-state index contributed by atoms with van der Waals surface area (Å²) in [5.74, 6) is 1.44. The van der Waals surface area contributed by atoms with Crippen molar-refractivity contribution in [2.24, 2.45) is 17.8 Å². The molecule has 152 valence electrons. The molecule has 0 spiro atoms. The number of carbonyl (C=O) groups is 1. The fraction of sp³-hybridized carbons (Fsp3) is 0.440. The average Bonchev–Trinajstić information content (AvgIpc) is 2.97. The number of benzene rings is 1. The number of pyridine rings is 1. The summed E-state index contributed by atoms with van der Waals surface area (Å²) >= 11 is 0. The van der Waals surface area contributed by atoms with Gasteiger partial charge in [0.05, 0.1) is 5.69 Å². The molecule has 4 atom stereocenters. The highest BCUT2D eigenvalue weighted by Gasteiger charge is 2.50. The van der Waals surface area contributed by atoms with Crippen LogP contribution in [0.5, 0.6) is 0 Å². The van der Waals surface area contributed by atoms with Gasteiger partial charge in [0.1, 0.15) is 5.82 Å². The fourth-order valence-electron chi connectivity index (χ4n) is 5.55. The van der Waals surface area contributed by atoms with E-state index >= 15 is 0 Å². The third-order valence-electron chi connectivity index (χ3n) is 6.73. The number of hydrogen-bond acceptors (Lipinski definition) is 2. The first-order valence-electron chi connectivity index (χ1n) is 10.6. The molecule has 3 nitrogen and oxygen atoms in total. The summed E-state index contributed by atoms with van der Waals surface area (Å²) in [7, 11) is 0. The lowest BCUT2D eigenvalue weighted by Gasteiger charge is -2.33. The van der Waals surface area contributed by atoms with Crippen molar-refractivity contribution in [3.63, 3.8) is 0 Å². The van der Waals surface area contributed by atoms with Crippen molar-refractivity contribution in [3.05, 3.63) is 60.2 Å². The lowest BCUT2D eigenvalue weighted by molar-refractivity contribution is -0.121. The number of hydrogen-bond donors (Lipinski definition) is 1. The van der Waals surface area contributed by atoms with E-state index in [1.807, 2.05) is 18.2 Å². The van der Waals surface area contributed by atoms with Crippen LogP contribution in [0.4, 0.5) is 4.39 Å². The number of carbonyl (C=O) groups excluding carboxylic acids is 1. The van der Waals surface area contributed by atoms with Crippen molar-refractivity contribution in [2.45, 2.75) is 51.5 Å². The lowest BCUT2D eigenvalue weighted by Crippen LogP contribution is -2.48. The Morgan fingerprint density at radius 3 is 2.76 bits per heavy atom. The zero-order valence-electron chi connectivity index (χ0n) is 17.2. The first-order chi connectivity index (χ1) is 13.9. The Bertz CT molecular complexity index is 907. The van der Waals surface area contributed by atoms with Gasteiger partial charge in [-0.25, -0.2) is 4.39 Å². The second kappa shape index (κ2) is 8.10. The molecule has 0 aliphatic heterocycles. The first kappa shape index (κ1) is 19.8. The van der Waals surface area contributed by atoms with Crippen molar-refractivity contribution in [1.82, 2.24) is 10.3 Å². The zero-order chi connectivity index (χ0) is 20.4. The van der Waals surface area contributed by atoms with Crippen molar-refractivity contribution >= 4 is 12.0 Å². The predicted octanol–water partition coefficient (Wildman–Crippen LogP) is 5.62. The molecule has 2 aromatic rings. The fourth-order valence-corrected chi connectivity index (χ4v) is 5.55. The zero-order valence-corrected chi connectivity index (χ0v) is 17.2. The monoisotopic (exact) mass is 392 g/mol. The number of amides is 1. The third-order valence-corrected chi connectivity index (χ3v) is 6.73. The van der Waals surface area contributed by atoms with E-state index in [1.165, 1.54) is 37.8 Å². The highest BCUT2D eigenvalue weighted by atomic mass is 19.1. The lowest BCUT2D eigenvalue weighted by atomic mass is 9.76. The van der Waals surface area contributed by atoms with Crippen LogP contribution in [0.15, 0.2) is 48.7 Å². The Morgan fingerprint density at radius 2 is 2.03 bits per heavy atom. The molecule has 4 heteroatoms. The quantitative estimate of drug-likeness (QED) is 0.733. The summed E-state index contributed by atoms with van der Waals surface area (Å²) < 4.78 is 13.5. The van der Waals surface area contributed by atoms with Crippen LogP contribution in [0.3, 0.4) is 0 Å². The van der Waals surface area contributed by atoms with E-state index < -0.39 is 0 Å². The molecule has 2 fully saturated rings. The smallest absolute Gasteiger partial charge is 0.217 e. The van der Waals surface area contributed by atoms with Crippen molar-refractivity contribution in [1.29, 1.82) is 0 Å². The molecule has 0 unspecified atom stereocenters. The molecule has 2 aliphatic rings. The Labute approximate surface area is 172 Å². The first-order valence-corrected chi connectivity index (χ1v) is 10.6. The maximum absolute atomic E-state index is 13.5. The van der Waals surface area contributed by atoms with Crippen LogP contribution < -0.4 is 5.32 Å². The average molecular weight is 393 g/mol. The number of aromatic nitrogens is 1. The van der Waals surface area contributed by atoms with E-state index in [2.05, 4.69) is 29.4 Å². The minimum absolute atomic E-state index is 0.0436. The normalized spacial score (nSPS) is 29.0. The van der Waals surface area contributed by atoms with Gasteiger partial charge >= 0.3 is 0 Å². The Balaban J connectivity index is 1.55. The Hall–Kier alpha value is -2.49. The molecule has 29 heavy (non-hydrogen) atoms. The molecular formula is C25H29FN2O. The number of nitrogens with zero attached hydrogens (tertiary/aromatic N) is 1. The van der Waals surface area contributed by atoms with E-state index in [0.717, 1.165) is 23.2 Å². The largest absolute Gasteiger partial charge is 0.351 e. The Morgan fingerprint density at radius 1 is 1.21 bits per heavy atom. The molecule has 0 bridgehead atoms. The van der Waals surface area contributed by atoms with Gasteiger partial charge in [0, 0.05) is 30.1 Å². The Kier molecular flexibility index (Phi) is 5.53. The molecule has 0 saturated heterocycles. The minimum Gasteiger partial charge on any atom is -0.351 e. The molecule has 1 heterocycles. The van der Waals surface area contributed by atoms with Gasteiger partial charge in [0.25, 0.3) is 0 Å². The molecule has 1 amide bonds. The van der Waals surface area contributed by atoms with Crippen LogP contribution in [0.25, 0.3) is 17.2 Å². The van der Waals surface area contributed by atoms with Gasteiger partial charge in [-0.3, -0.25) is 9.78 Å². The standard InChI is InChI=1S/C25H29FN2O/c1-17(29)28-25(2)15-19-6-3-4-9-23(19)24(25)13-12-22-11-10-20(16-27-22)18-7-5-8-21(26)14-18/h5,7-8,10-14,16,19,23-24H,3-4,6,9,15H2,1-2H3,(H,28,29)/b13-12+/t19-,23-,24+,25+/m1/s1. The maximum atomic E-state index is 13.5. The van der Waals surface area contributed by atoms with Crippen LogP contribution in [-0.4, -0.2) is 16.4 Å². The topological polar surface area (TPSA) is 42.0 Å². The SMILES string of the molecule is CC(=O)N[C@@]1(C)C[C@H]2CCCC[C@H]2[C@@H]1/C=C/c1ccc(-c2cccc(F)c2)cn1. The summed E-state index contributed by atoms with van der Waals surface area (Å²) in [6.07, 6.45) is 12.3. The highest BCUT2D eigenvalue weighted by Crippen LogP contribution is 2.51. The van der Waals surface area contributed by atoms with Crippen LogP contribution in [0, 0.1) is 23.6 Å². The van der Waals surface area contributed by atoms with E-state index in [9.17, 15) is 9.18 Å². The van der Waals surface area contributed by atoms with Crippen LogP contribution in [0.2, 0.25) is 0 Å². The van der Waals surface area contributed by atoms with Crippen molar-refractivity contribution in [3.8, 4) is 11.1 Å². The van der Waals surface area contributed by atoms with Crippen LogP contribution in [0.1, 0.15) is 51.6 Å². The van der Waals surface area contributed by atoms with Crippen molar-refractivity contribution in [2.75, 3.05) is 0 Å². The van der Waals surface area contributed by atoms with Gasteiger partial charge in [0.15, 0.2) is 0 Å². The van der Waals surface area contributed by atoms with Crippen LogP contribution >= 0.6 is 0 Å². The van der Waals surface area contributed by atoms with E-state index in [-0.39, 0.29) is 17.3 Å². The second-order valence-corrected chi connectivity index (χ2v) is 8.88. The van der Waals surface area contributed by atoms with Gasteiger partial charge in [-0.05, 0) is 61.4 Å². The molecular weight excluding hydrogens is 363 g/mol. The molecule has 0 radical (unpaired) electrons. The van der Waals surface area contributed by atoms with Gasteiger partial charge in [-0.1, -0.05) is 43.5 Å². The van der Waals surface area contributed by atoms with Gasteiger partial charge in [0.2, 0.25) is 5.91 Å². The van der Waals surface area contributed by atoms with Gasteiger partial charge in [-0.15, -0.1) is 0 Å². The molecule has 1 N–H and O–H groups in total. The van der Waals surface area contributed by atoms with Gasteiger partial charge < -0.3 is 5.32 Å². The number of nitrogens with one attached hydrogen (secondary N) is 1. The third kappa shape index (κ3) is 4.26. The van der Waals surface area contributed by atoms with Crippen LogP contribution in [-0.2, 0) is 4.79 Å². The molecule has 2 saturated carbocycles. The predicted molar refractivity (Wildman–Crippen MR) is 114 cm³/mol. The number of rotatable bonds is 4. The minimum atomic E-state index is -0.244. The summed E-state index contributed by atoms with van der Waals surface area (Å²) in [5.41, 5.74) is 2.42. The molecule has 1 aromatic carbocycles. The van der Waals surface area contributed by atoms with E-state index in [1.54, 1.807) is 19.2 Å². The summed E-state index contributed by atoms with van der Waals surface area (Å²) in [6, 6.07) is 10.5. The molecule has 4 rings (SSSR count). The van der Waals surface area contributed by atoms with E-state index in [0.29, 0.717) is 17.8 Å². The summed E-state index contributed by atoms with van der Waals surface area (Å²) in [5, 5.41) is 3.25. The maximum Gasteiger partial charge on any atom is 0.217 e. The number of halogens is 1.